The van der Waals surface area contributed by atoms with E-state index < -0.39 is 42.4 Å². The topological polar surface area (TPSA) is 155 Å². The van der Waals surface area contributed by atoms with E-state index in [0.717, 1.165) is 0 Å². The second kappa shape index (κ2) is 7.84. The van der Waals surface area contributed by atoms with Crippen molar-refractivity contribution in [1.29, 1.82) is 0 Å². The van der Waals surface area contributed by atoms with Gasteiger partial charge in [-0.25, -0.2) is 9.97 Å². The predicted octanol–water partition coefficient (Wildman–Crippen LogP) is -0.600. The van der Waals surface area contributed by atoms with E-state index in [1.807, 2.05) is 0 Å². The van der Waals surface area contributed by atoms with Crippen LogP contribution >= 0.6 is 0 Å². The quantitative estimate of drug-likeness (QED) is 0.483. The minimum absolute atomic E-state index is 0.179. The number of nitrogen functional groups attached to an aromatic ring is 1. The van der Waals surface area contributed by atoms with Crippen molar-refractivity contribution in [3.63, 3.8) is 0 Å². The van der Waals surface area contributed by atoms with Gasteiger partial charge in [0.2, 0.25) is 0 Å². The van der Waals surface area contributed by atoms with Crippen LogP contribution in [-0.4, -0.2) is 65.7 Å². The molecule has 0 bridgehead atoms. The molecule has 1 aromatic heterocycles. The number of fused-ring (bicyclic) bond motifs is 1. The molecule has 12 nitrogen and oxygen atoms in total. The van der Waals surface area contributed by atoms with E-state index in [9.17, 15) is 14.4 Å². The number of hydrogen-bond donors (Lipinski definition) is 2. The molecule has 0 aromatic carbocycles. The second-order valence-electron chi connectivity index (χ2n) is 6.28. The average Bonchev–Trinajstić information content (AvgIpc) is 3.16. The fourth-order valence-corrected chi connectivity index (χ4v) is 3.17. The Bertz CT molecular complexity index is 789. The lowest BCUT2D eigenvalue weighted by Crippen LogP contribution is -2.47. The molecule has 4 atom stereocenters. The first kappa shape index (κ1) is 19.6. The van der Waals surface area contributed by atoms with Crippen molar-refractivity contribution in [1.82, 2.24) is 9.97 Å². The Kier molecular flexibility index (Phi) is 5.49. The van der Waals surface area contributed by atoms with Crippen LogP contribution in [0.15, 0.2) is 6.33 Å². The number of anilines is 3. The summed E-state index contributed by atoms with van der Waals surface area (Å²) in [6.07, 6.45) is -2.37. The summed E-state index contributed by atoms with van der Waals surface area (Å²) in [6, 6.07) is 0. The van der Waals surface area contributed by atoms with Gasteiger partial charge in [0.05, 0.1) is 6.67 Å². The number of esters is 3. The van der Waals surface area contributed by atoms with Crippen molar-refractivity contribution < 1.29 is 33.3 Å². The maximum Gasteiger partial charge on any atom is 0.303 e. The molecule has 2 aliphatic heterocycles. The highest BCUT2D eigenvalue weighted by atomic mass is 16.7. The first-order chi connectivity index (χ1) is 13.3. The van der Waals surface area contributed by atoms with Crippen molar-refractivity contribution in [2.24, 2.45) is 0 Å². The number of ether oxygens (including phenoxy) is 4. The van der Waals surface area contributed by atoms with Crippen molar-refractivity contribution in [3.8, 4) is 0 Å². The average molecular weight is 395 g/mol. The van der Waals surface area contributed by atoms with Crippen LogP contribution in [0.4, 0.5) is 17.3 Å². The molecule has 3 heterocycles. The van der Waals surface area contributed by atoms with Crippen LogP contribution in [0.25, 0.3) is 0 Å². The number of aromatic nitrogens is 2. The van der Waals surface area contributed by atoms with Crippen LogP contribution in [-0.2, 0) is 33.3 Å². The molecule has 2 aliphatic rings. The number of hydrogen-bond acceptors (Lipinski definition) is 12. The largest absolute Gasteiger partial charge is 0.463 e. The van der Waals surface area contributed by atoms with E-state index in [0.29, 0.717) is 11.5 Å². The SMILES string of the molecule is CC(=O)OC[C@@H]1O[C@H](N2CNc3c(N)ncnc32)[C@@H](OC(C)=O)[C@H]1OC(C)=O. The Hall–Kier alpha value is -3.15. The van der Waals surface area contributed by atoms with Crippen LogP contribution in [0.1, 0.15) is 20.8 Å². The summed E-state index contributed by atoms with van der Waals surface area (Å²) in [5, 5.41) is 3.05. The van der Waals surface area contributed by atoms with Gasteiger partial charge in [-0.2, -0.15) is 0 Å². The van der Waals surface area contributed by atoms with Gasteiger partial charge in [0.15, 0.2) is 30.1 Å². The van der Waals surface area contributed by atoms with Crippen LogP contribution < -0.4 is 16.0 Å². The molecular formula is C16H21N5O7. The number of nitrogens with two attached hydrogens (primary N) is 1. The molecule has 0 saturated carbocycles. The zero-order valence-corrected chi connectivity index (χ0v) is 15.6. The van der Waals surface area contributed by atoms with Gasteiger partial charge in [-0.15, -0.1) is 0 Å². The van der Waals surface area contributed by atoms with Crippen molar-refractivity contribution >= 4 is 35.2 Å². The van der Waals surface area contributed by atoms with Crippen LogP contribution in [0.2, 0.25) is 0 Å². The maximum absolute atomic E-state index is 11.7. The van der Waals surface area contributed by atoms with Gasteiger partial charge in [0, 0.05) is 20.8 Å². The van der Waals surface area contributed by atoms with Crippen molar-refractivity contribution in [3.05, 3.63) is 6.33 Å². The standard InChI is InChI=1S/C16H21N5O7/c1-7(22)25-4-10-12(26-8(2)23)13(27-9(3)24)16(28-10)21-6-20-11-14(17)18-5-19-15(11)21/h5,10,12-13,16,20H,4,6H2,1-3H3,(H2,17,18,19)/t10-,12-,13-,16-/m0/s1. The minimum atomic E-state index is -0.981. The summed E-state index contributed by atoms with van der Waals surface area (Å²) in [4.78, 5) is 44.3. The molecule has 28 heavy (non-hydrogen) atoms. The van der Waals surface area contributed by atoms with Crippen molar-refractivity contribution in [2.45, 2.75) is 45.3 Å². The van der Waals surface area contributed by atoms with Crippen LogP contribution in [0.3, 0.4) is 0 Å². The highest BCUT2D eigenvalue weighted by Crippen LogP contribution is 2.38. The number of nitrogens with one attached hydrogen (secondary N) is 1. The zero-order valence-electron chi connectivity index (χ0n) is 15.6. The molecule has 0 spiro atoms. The van der Waals surface area contributed by atoms with Crippen molar-refractivity contribution in [2.75, 3.05) is 29.2 Å². The third-order valence-corrected chi connectivity index (χ3v) is 4.20. The van der Waals surface area contributed by atoms with Gasteiger partial charge >= 0.3 is 17.9 Å². The molecule has 3 rings (SSSR count). The molecule has 0 unspecified atom stereocenters. The molecular weight excluding hydrogens is 374 g/mol. The van der Waals surface area contributed by atoms with Crippen LogP contribution in [0, 0.1) is 0 Å². The monoisotopic (exact) mass is 395 g/mol. The highest BCUT2D eigenvalue weighted by molar-refractivity contribution is 5.80. The fraction of sp³-hybridized carbons (Fsp3) is 0.562. The van der Waals surface area contributed by atoms with Gasteiger partial charge in [-0.1, -0.05) is 0 Å². The van der Waals surface area contributed by atoms with E-state index in [4.69, 9.17) is 24.7 Å². The molecule has 1 aromatic rings. The Morgan fingerprint density at radius 1 is 1.18 bits per heavy atom. The van der Waals surface area contributed by atoms with E-state index in [1.54, 1.807) is 4.90 Å². The molecule has 0 radical (unpaired) electrons. The first-order valence-corrected chi connectivity index (χ1v) is 8.52. The van der Waals surface area contributed by atoms with E-state index in [1.165, 1.54) is 27.1 Å². The smallest absolute Gasteiger partial charge is 0.303 e. The summed E-state index contributed by atoms with van der Waals surface area (Å²) in [5.41, 5.74) is 6.37. The number of nitrogens with zero attached hydrogens (tertiary/aromatic N) is 3. The number of carbonyl (C=O) groups is 3. The van der Waals surface area contributed by atoms with Gasteiger partial charge in [-0.3, -0.25) is 14.4 Å². The minimum Gasteiger partial charge on any atom is -0.463 e. The molecule has 0 aliphatic carbocycles. The summed E-state index contributed by atoms with van der Waals surface area (Å²) in [6.45, 7) is 3.77. The summed E-state index contributed by atoms with van der Waals surface area (Å²) in [5.74, 6) is -0.998. The summed E-state index contributed by atoms with van der Waals surface area (Å²) >= 11 is 0. The highest BCUT2D eigenvalue weighted by Gasteiger charge is 2.53. The third kappa shape index (κ3) is 3.91. The molecule has 1 saturated heterocycles. The third-order valence-electron chi connectivity index (χ3n) is 4.20. The molecule has 152 valence electrons. The normalized spacial score (nSPS) is 25.6. The molecule has 0 amide bonds. The van der Waals surface area contributed by atoms with Crippen LogP contribution in [0.5, 0.6) is 0 Å². The maximum atomic E-state index is 11.7. The Morgan fingerprint density at radius 3 is 2.50 bits per heavy atom. The Labute approximate surface area is 160 Å². The molecule has 12 heteroatoms. The lowest BCUT2D eigenvalue weighted by Gasteiger charge is -2.29. The molecule has 3 N–H and O–H groups in total. The summed E-state index contributed by atoms with van der Waals surface area (Å²) in [7, 11) is 0. The van der Waals surface area contributed by atoms with E-state index in [2.05, 4.69) is 15.3 Å². The molecule has 1 fully saturated rings. The van der Waals surface area contributed by atoms with E-state index in [-0.39, 0.29) is 19.1 Å². The van der Waals surface area contributed by atoms with E-state index >= 15 is 0 Å². The lowest BCUT2D eigenvalue weighted by molar-refractivity contribution is -0.165. The summed E-state index contributed by atoms with van der Waals surface area (Å²) < 4.78 is 21.7. The van der Waals surface area contributed by atoms with Gasteiger partial charge in [0.1, 0.15) is 24.7 Å². The Morgan fingerprint density at radius 2 is 1.86 bits per heavy atom. The number of rotatable bonds is 5. The van der Waals surface area contributed by atoms with Gasteiger partial charge in [-0.05, 0) is 0 Å². The van der Waals surface area contributed by atoms with Gasteiger partial charge < -0.3 is 34.9 Å². The lowest BCUT2D eigenvalue weighted by atomic mass is 10.1. The zero-order chi connectivity index (χ0) is 20.4. The van der Waals surface area contributed by atoms with Gasteiger partial charge in [0.25, 0.3) is 0 Å². The first-order valence-electron chi connectivity index (χ1n) is 8.52. The Balaban J connectivity index is 1.92. The second-order valence-corrected chi connectivity index (χ2v) is 6.28. The predicted molar refractivity (Wildman–Crippen MR) is 93.8 cm³/mol. The fourth-order valence-electron chi connectivity index (χ4n) is 3.17. The number of carbonyl (C=O) groups excluding carboxylic acids is 3.